The van der Waals surface area contributed by atoms with Crippen molar-refractivity contribution in [2.24, 2.45) is 5.92 Å². The first kappa shape index (κ1) is 14.1. The molecule has 2 amide bonds. The molecule has 1 saturated carbocycles. The van der Waals surface area contributed by atoms with E-state index in [1.807, 2.05) is 0 Å². The van der Waals surface area contributed by atoms with E-state index in [0.717, 1.165) is 12.8 Å². The van der Waals surface area contributed by atoms with Crippen molar-refractivity contribution in [2.75, 3.05) is 5.32 Å². The van der Waals surface area contributed by atoms with E-state index < -0.39 is 18.0 Å². The minimum Gasteiger partial charge on any atom is -0.480 e. The molecule has 5 nitrogen and oxygen atoms in total. The monoisotopic (exact) mass is 346 g/mol. The van der Waals surface area contributed by atoms with E-state index in [-0.39, 0.29) is 5.92 Å². The average Bonchev–Trinajstić information content (AvgIpc) is 3.14. The molecule has 1 aliphatic carbocycles. The standard InChI is InChI=1S/C12H12BrClN2O3/c13-8-4-3-7(14)5-9(8)15-12(19)16-10(11(17)18)6-1-2-6/h3-6,10H,1-2H2,(H,17,18)(H2,15,16,19). The van der Waals surface area contributed by atoms with Gasteiger partial charge in [0.15, 0.2) is 0 Å². The molecule has 0 radical (unpaired) electrons. The van der Waals surface area contributed by atoms with Gasteiger partial charge in [0.1, 0.15) is 6.04 Å². The van der Waals surface area contributed by atoms with Crippen molar-refractivity contribution in [2.45, 2.75) is 18.9 Å². The second kappa shape index (κ2) is 5.79. The Morgan fingerprint density at radius 1 is 1.42 bits per heavy atom. The first-order chi connectivity index (χ1) is 8.97. The van der Waals surface area contributed by atoms with E-state index in [9.17, 15) is 9.59 Å². The molecule has 2 rings (SSSR count). The smallest absolute Gasteiger partial charge is 0.326 e. The Balaban J connectivity index is 2.00. The Bertz CT molecular complexity index is 520. The quantitative estimate of drug-likeness (QED) is 0.783. The lowest BCUT2D eigenvalue weighted by atomic mass is 10.2. The highest BCUT2D eigenvalue weighted by Crippen LogP contribution is 2.33. The highest BCUT2D eigenvalue weighted by Gasteiger charge is 2.37. The number of carboxylic acids is 1. The maximum Gasteiger partial charge on any atom is 0.326 e. The largest absolute Gasteiger partial charge is 0.480 e. The van der Waals surface area contributed by atoms with Crippen LogP contribution in [0.4, 0.5) is 10.5 Å². The molecule has 1 aliphatic rings. The van der Waals surface area contributed by atoms with Crippen LogP contribution in [0.25, 0.3) is 0 Å². The predicted octanol–water partition coefficient (Wildman–Crippen LogP) is 3.09. The summed E-state index contributed by atoms with van der Waals surface area (Å²) in [6.07, 6.45) is 1.66. The third kappa shape index (κ3) is 3.84. The molecule has 19 heavy (non-hydrogen) atoms. The molecule has 0 aromatic heterocycles. The van der Waals surface area contributed by atoms with Crippen LogP contribution in [0.3, 0.4) is 0 Å². The number of halogens is 2. The molecule has 102 valence electrons. The number of hydrogen-bond donors (Lipinski definition) is 3. The van der Waals surface area contributed by atoms with Crippen LogP contribution in [-0.2, 0) is 4.79 Å². The van der Waals surface area contributed by atoms with Gasteiger partial charge in [-0.3, -0.25) is 0 Å². The van der Waals surface area contributed by atoms with Gasteiger partial charge in [0, 0.05) is 9.50 Å². The highest BCUT2D eigenvalue weighted by molar-refractivity contribution is 9.10. The molecule has 1 fully saturated rings. The van der Waals surface area contributed by atoms with Crippen LogP contribution in [0.2, 0.25) is 5.02 Å². The van der Waals surface area contributed by atoms with Crippen LogP contribution in [0.5, 0.6) is 0 Å². The van der Waals surface area contributed by atoms with Gasteiger partial charge < -0.3 is 15.7 Å². The minimum atomic E-state index is -1.01. The SMILES string of the molecule is O=C(Nc1cc(Cl)ccc1Br)NC(C(=O)O)C1CC1. The lowest BCUT2D eigenvalue weighted by Gasteiger charge is -2.15. The fourth-order valence-corrected chi connectivity index (χ4v) is 2.22. The summed E-state index contributed by atoms with van der Waals surface area (Å²) in [6, 6.07) is 3.57. The van der Waals surface area contributed by atoms with Crippen molar-refractivity contribution in [1.29, 1.82) is 0 Å². The van der Waals surface area contributed by atoms with Crippen LogP contribution < -0.4 is 10.6 Å². The van der Waals surface area contributed by atoms with Crippen molar-refractivity contribution >= 4 is 45.2 Å². The fraction of sp³-hybridized carbons (Fsp3) is 0.333. The predicted molar refractivity (Wildman–Crippen MR) is 75.5 cm³/mol. The topological polar surface area (TPSA) is 78.4 Å². The third-order valence-corrected chi connectivity index (χ3v) is 3.75. The number of aliphatic carboxylic acids is 1. The molecule has 3 N–H and O–H groups in total. The molecule has 1 atom stereocenters. The van der Waals surface area contributed by atoms with Gasteiger partial charge in [0.05, 0.1) is 5.69 Å². The van der Waals surface area contributed by atoms with Crippen LogP contribution in [0.1, 0.15) is 12.8 Å². The number of rotatable bonds is 4. The molecule has 7 heteroatoms. The molecule has 0 spiro atoms. The Morgan fingerprint density at radius 2 is 2.11 bits per heavy atom. The van der Waals surface area contributed by atoms with E-state index >= 15 is 0 Å². The van der Waals surface area contributed by atoms with E-state index in [1.54, 1.807) is 18.2 Å². The van der Waals surface area contributed by atoms with Gasteiger partial charge >= 0.3 is 12.0 Å². The van der Waals surface area contributed by atoms with Crippen molar-refractivity contribution in [3.63, 3.8) is 0 Å². The molecule has 1 unspecified atom stereocenters. The Morgan fingerprint density at radius 3 is 2.68 bits per heavy atom. The number of urea groups is 1. The summed E-state index contributed by atoms with van der Waals surface area (Å²) >= 11 is 9.11. The minimum absolute atomic E-state index is 0.0334. The number of hydrogen-bond acceptors (Lipinski definition) is 2. The Labute approximate surface area is 123 Å². The summed E-state index contributed by atoms with van der Waals surface area (Å²) in [4.78, 5) is 22.8. The first-order valence-electron chi connectivity index (χ1n) is 5.73. The molecular formula is C12H12BrClN2O3. The van der Waals surface area contributed by atoms with Crippen molar-refractivity contribution in [3.8, 4) is 0 Å². The number of carbonyl (C=O) groups is 2. The van der Waals surface area contributed by atoms with E-state index in [1.165, 1.54) is 0 Å². The zero-order valence-corrected chi connectivity index (χ0v) is 12.2. The van der Waals surface area contributed by atoms with Gasteiger partial charge in [-0.15, -0.1) is 0 Å². The summed E-state index contributed by atoms with van der Waals surface area (Å²) < 4.78 is 0.672. The van der Waals surface area contributed by atoms with E-state index in [4.69, 9.17) is 16.7 Å². The van der Waals surface area contributed by atoms with Gasteiger partial charge in [-0.1, -0.05) is 11.6 Å². The number of nitrogens with one attached hydrogen (secondary N) is 2. The summed E-state index contributed by atoms with van der Waals surface area (Å²) in [5.74, 6) is -0.978. The average molecular weight is 348 g/mol. The number of carboxylic acid groups (broad SMARTS) is 1. The van der Waals surface area contributed by atoms with E-state index in [0.29, 0.717) is 15.2 Å². The van der Waals surface area contributed by atoms with Crippen LogP contribution >= 0.6 is 27.5 Å². The highest BCUT2D eigenvalue weighted by atomic mass is 79.9. The van der Waals surface area contributed by atoms with Gasteiger partial charge in [-0.25, -0.2) is 9.59 Å². The molecule has 0 aliphatic heterocycles. The van der Waals surface area contributed by atoms with Crippen molar-refractivity contribution < 1.29 is 14.7 Å². The molecular weight excluding hydrogens is 336 g/mol. The molecule has 1 aromatic carbocycles. The zero-order chi connectivity index (χ0) is 14.0. The van der Waals surface area contributed by atoms with Gasteiger partial charge in [0.25, 0.3) is 0 Å². The van der Waals surface area contributed by atoms with Crippen LogP contribution in [-0.4, -0.2) is 23.1 Å². The van der Waals surface area contributed by atoms with Gasteiger partial charge in [-0.05, 0) is 52.9 Å². The zero-order valence-electron chi connectivity index (χ0n) is 9.82. The number of amides is 2. The maximum atomic E-state index is 11.8. The van der Waals surface area contributed by atoms with Gasteiger partial charge in [-0.2, -0.15) is 0 Å². The molecule has 0 heterocycles. The molecule has 1 aromatic rings. The molecule has 0 bridgehead atoms. The lowest BCUT2D eigenvalue weighted by molar-refractivity contribution is -0.139. The first-order valence-corrected chi connectivity index (χ1v) is 6.90. The fourth-order valence-electron chi connectivity index (χ4n) is 1.70. The lowest BCUT2D eigenvalue weighted by Crippen LogP contribution is -2.44. The Hall–Kier alpha value is -1.27. The summed E-state index contributed by atoms with van der Waals surface area (Å²) in [6.45, 7) is 0. The van der Waals surface area contributed by atoms with Gasteiger partial charge in [0.2, 0.25) is 0 Å². The van der Waals surface area contributed by atoms with Crippen molar-refractivity contribution in [1.82, 2.24) is 5.32 Å². The summed E-state index contributed by atoms with van der Waals surface area (Å²) in [5, 5.41) is 14.5. The second-order valence-electron chi connectivity index (χ2n) is 4.38. The number of benzene rings is 1. The maximum absolute atomic E-state index is 11.8. The Kier molecular flexibility index (Phi) is 4.31. The molecule has 0 saturated heterocycles. The van der Waals surface area contributed by atoms with Crippen molar-refractivity contribution in [3.05, 3.63) is 27.7 Å². The van der Waals surface area contributed by atoms with Crippen LogP contribution in [0.15, 0.2) is 22.7 Å². The number of carbonyl (C=O) groups excluding carboxylic acids is 1. The second-order valence-corrected chi connectivity index (χ2v) is 5.67. The summed E-state index contributed by atoms with van der Waals surface area (Å²) in [7, 11) is 0. The third-order valence-electron chi connectivity index (χ3n) is 2.82. The number of anilines is 1. The van der Waals surface area contributed by atoms with E-state index in [2.05, 4.69) is 26.6 Å². The van der Waals surface area contributed by atoms with Crippen LogP contribution in [0, 0.1) is 5.92 Å². The normalized spacial score (nSPS) is 15.7. The summed E-state index contributed by atoms with van der Waals surface area (Å²) in [5.41, 5.74) is 0.491.